The Hall–Kier alpha value is -2.70. The van der Waals surface area contributed by atoms with Crippen molar-refractivity contribution in [2.24, 2.45) is 0 Å². The first-order valence-corrected chi connectivity index (χ1v) is 10.3. The fourth-order valence-electron chi connectivity index (χ4n) is 3.22. The lowest BCUT2D eigenvalue weighted by atomic mass is 10.2. The molecule has 28 heavy (non-hydrogen) atoms. The van der Waals surface area contributed by atoms with Crippen molar-refractivity contribution in [2.45, 2.75) is 19.3 Å². The van der Waals surface area contributed by atoms with E-state index in [1.54, 1.807) is 4.90 Å². The second-order valence-corrected chi connectivity index (χ2v) is 7.78. The van der Waals surface area contributed by atoms with E-state index in [4.69, 9.17) is 11.6 Å². The number of aromatic nitrogens is 1. The van der Waals surface area contributed by atoms with Crippen molar-refractivity contribution in [3.05, 3.63) is 64.6 Å². The van der Waals surface area contributed by atoms with Gasteiger partial charge >= 0.3 is 0 Å². The van der Waals surface area contributed by atoms with E-state index in [-0.39, 0.29) is 18.2 Å². The highest BCUT2D eigenvalue weighted by Gasteiger charge is 2.24. The van der Waals surface area contributed by atoms with Gasteiger partial charge in [0.15, 0.2) is 0 Å². The number of nitrogens with one attached hydrogen (secondary N) is 1. The topological polar surface area (TPSA) is 62.3 Å². The quantitative estimate of drug-likeness (QED) is 0.657. The van der Waals surface area contributed by atoms with Crippen LogP contribution in [0.3, 0.4) is 0 Å². The zero-order chi connectivity index (χ0) is 19.5. The summed E-state index contributed by atoms with van der Waals surface area (Å²) in [5.41, 5.74) is 2.93. The largest absolute Gasteiger partial charge is 0.324 e. The molecule has 0 aliphatic carbocycles. The first-order valence-electron chi connectivity index (χ1n) is 9.00. The van der Waals surface area contributed by atoms with Crippen LogP contribution in [0.15, 0.2) is 53.9 Å². The lowest BCUT2D eigenvalue weighted by Gasteiger charge is -2.19. The average Bonchev–Trinajstić information content (AvgIpc) is 3.31. The number of amides is 2. The molecule has 2 amide bonds. The Balaban J connectivity index is 1.48. The predicted molar refractivity (Wildman–Crippen MR) is 113 cm³/mol. The number of para-hydroxylation sites is 2. The molecule has 1 aromatic heterocycles. The molecule has 3 aromatic rings. The average molecular weight is 412 g/mol. The van der Waals surface area contributed by atoms with Gasteiger partial charge in [0, 0.05) is 23.9 Å². The van der Waals surface area contributed by atoms with Crippen LogP contribution in [0.25, 0.3) is 10.6 Å². The Kier molecular flexibility index (Phi) is 5.41. The highest BCUT2D eigenvalue weighted by atomic mass is 35.5. The van der Waals surface area contributed by atoms with E-state index in [1.807, 2.05) is 53.9 Å². The van der Waals surface area contributed by atoms with Crippen molar-refractivity contribution in [3.8, 4) is 10.6 Å². The monoisotopic (exact) mass is 411 g/mol. The molecule has 1 aliphatic rings. The number of rotatable bonds is 5. The van der Waals surface area contributed by atoms with Gasteiger partial charge in [0.25, 0.3) is 0 Å². The number of benzene rings is 2. The van der Waals surface area contributed by atoms with Crippen LogP contribution in [-0.2, 0) is 16.0 Å². The summed E-state index contributed by atoms with van der Waals surface area (Å²) in [6, 6.07) is 14.9. The molecule has 0 spiro atoms. The van der Waals surface area contributed by atoms with Gasteiger partial charge in [-0.1, -0.05) is 41.9 Å². The maximum Gasteiger partial charge on any atom is 0.230 e. The Morgan fingerprint density at radius 1 is 1.18 bits per heavy atom. The molecule has 1 saturated heterocycles. The van der Waals surface area contributed by atoms with Crippen LogP contribution < -0.4 is 10.2 Å². The molecule has 5 nitrogen and oxygen atoms in total. The molecule has 0 bridgehead atoms. The van der Waals surface area contributed by atoms with E-state index in [0.29, 0.717) is 29.4 Å². The van der Waals surface area contributed by atoms with Gasteiger partial charge in [-0.15, -0.1) is 11.3 Å². The predicted octanol–water partition coefficient (Wildman–Crippen LogP) is 4.77. The zero-order valence-corrected chi connectivity index (χ0v) is 16.6. The zero-order valence-electron chi connectivity index (χ0n) is 15.0. The maximum absolute atomic E-state index is 12.6. The third-order valence-electron chi connectivity index (χ3n) is 4.54. The minimum atomic E-state index is -0.171. The second-order valence-electron chi connectivity index (χ2n) is 6.51. The van der Waals surface area contributed by atoms with Gasteiger partial charge < -0.3 is 10.2 Å². The third kappa shape index (κ3) is 3.93. The summed E-state index contributed by atoms with van der Waals surface area (Å²) in [7, 11) is 0. The first kappa shape index (κ1) is 18.7. The molecule has 142 valence electrons. The normalized spacial score (nSPS) is 13.8. The summed E-state index contributed by atoms with van der Waals surface area (Å²) in [4.78, 5) is 30.9. The molecule has 1 aliphatic heterocycles. The molecule has 1 N–H and O–H groups in total. The molecule has 7 heteroatoms. The van der Waals surface area contributed by atoms with Crippen LogP contribution >= 0.6 is 22.9 Å². The highest BCUT2D eigenvalue weighted by Crippen LogP contribution is 2.31. The van der Waals surface area contributed by atoms with E-state index in [9.17, 15) is 9.59 Å². The summed E-state index contributed by atoms with van der Waals surface area (Å²) < 4.78 is 0. The molecule has 2 aromatic carbocycles. The van der Waals surface area contributed by atoms with Crippen LogP contribution in [0.5, 0.6) is 0 Å². The highest BCUT2D eigenvalue weighted by molar-refractivity contribution is 7.13. The molecule has 1 fully saturated rings. The summed E-state index contributed by atoms with van der Waals surface area (Å²) in [6.07, 6.45) is 1.54. The fraction of sp³-hybridized carbons (Fsp3) is 0.190. The van der Waals surface area contributed by atoms with Crippen molar-refractivity contribution in [1.29, 1.82) is 0 Å². The van der Waals surface area contributed by atoms with E-state index in [0.717, 1.165) is 22.7 Å². The maximum atomic E-state index is 12.6. The molecule has 0 radical (unpaired) electrons. The summed E-state index contributed by atoms with van der Waals surface area (Å²) in [5.74, 6) is -0.0827. The number of hydrogen-bond acceptors (Lipinski definition) is 4. The first-order chi connectivity index (χ1) is 13.6. The SMILES string of the molecule is O=C(Cc1csc(-c2ccccc2Cl)n1)Nc1ccccc1N1CCCC1=O. The van der Waals surface area contributed by atoms with Crippen LogP contribution in [-0.4, -0.2) is 23.3 Å². The van der Waals surface area contributed by atoms with Gasteiger partial charge in [-0.2, -0.15) is 0 Å². The van der Waals surface area contributed by atoms with Gasteiger partial charge in [0.05, 0.1) is 28.5 Å². The third-order valence-corrected chi connectivity index (χ3v) is 5.79. The standard InChI is InChI=1S/C21H18ClN3O2S/c22-16-7-2-1-6-15(16)21-23-14(13-28-21)12-19(26)24-17-8-3-4-9-18(17)25-11-5-10-20(25)27/h1-4,6-9,13H,5,10-12H2,(H,24,26). The molecular weight excluding hydrogens is 394 g/mol. The Bertz CT molecular complexity index is 1030. The van der Waals surface area contributed by atoms with Crippen LogP contribution in [0.1, 0.15) is 18.5 Å². The molecule has 2 heterocycles. The summed E-state index contributed by atoms with van der Waals surface area (Å²) in [5, 5.41) is 6.22. The number of anilines is 2. The Labute approximate surface area is 172 Å². The number of halogens is 1. The van der Waals surface area contributed by atoms with E-state index >= 15 is 0 Å². The fourth-order valence-corrected chi connectivity index (χ4v) is 4.36. The van der Waals surface area contributed by atoms with Crippen molar-refractivity contribution in [1.82, 2.24) is 4.98 Å². The second kappa shape index (κ2) is 8.12. The number of thiazole rings is 1. The van der Waals surface area contributed by atoms with Gasteiger partial charge in [-0.05, 0) is 24.6 Å². The van der Waals surface area contributed by atoms with Crippen molar-refractivity contribution in [3.63, 3.8) is 0 Å². The van der Waals surface area contributed by atoms with Crippen LogP contribution in [0, 0.1) is 0 Å². The molecule has 4 rings (SSSR count). The van der Waals surface area contributed by atoms with Crippen LogP contribution in [0.4, 0.5) is 11.4 Å². The Morgan fingerprint density at radius 3 is 2.75 bits per heavy atom. The number of carbonyl (C=O) groups is 2. The summed E-state index contributed by atoms with van der Waals surface area (Å²) in [6.45, 7) is 0.680. The van der Waals surface area contributed by atoms with Crippen molar-refractivity contribution < 1.29 is 9.59 Å². The smallest absolute Gasteiger partial charge is 0.230 e. The molecular formula is C21H18ClN3O2S. The minimum absolute atomic E-state index is 0.0885. The summed E-state index contributed by atoms with van der Waals surface area (Å²) >= 11 is 7.69. The van der Waals surface area contributed by atoms with Crippen molar-refractivity contribution >= 4 is 46.1 Å². The Morgan fingerprint density at radius 2 is 1.96 bits per heavy atom. The van der Waals surface area contributed by atoms with Gasteiger partial charge in [-0.3, -0.25) is 9.59 Å². The molecule has 0 saturated carbocycles. The minimum Gasteiger partial charge on any atom is -0.324 e. The number of carbonyl (C=O) groups excluding carboxylic acids is 2. The lowest BCUT2D eigenvalue weighted by molar-refractivity contribution is -0.117. The van der Waals surface area contributed by atoms with Crippen LogP contribution in [0.2, 0.25) is 5.02 Å². The molecule has 0 atom stereocenters. The number of hydrogen-bond donors (Lipinski definition) is 1. The van der Waals surface area contributed by atoms with E-state index < -0.39 is 0 Å². The van der Waals surface area contributed by atoms with Gasteiger partial charge in [-0.25, -0.2) is 4.98 Å². The molecule has 0 unspecified atom stereocenters. The van der Waals surface area contributed by atoms with Crippen molar-refractivity contribution in [2.75, 3.05) is 16.8 Å². The van der Waals surface area contributed by atoms with E-state index in [1.165, 1.54) is 11.3 Å². The van der Waals surface area contributed by atoms with Gasteiger partial charge in [0.1, 0.15) is 5.01 Å². The van der Waals surface area contributed by atoms with Gasteiger partial charge in [0.2, 0.25) is 11.8 Å². The lowest BCUT2D eigenvalue weighted by Crippen LogP contribution is -2.26. The number of nitrogens with zero attached hydrogens (tertiary/aromatic N) is 2. The van der Waals surface area contributed by atoms with E-state index in [2.05, 4.69) is 10.3 Å².